The van der Waals surface area contributed by atoms with Crippen molar-refractivity contribution < 1.29 is 0 Å². The fourth-order valence-corrected chi connectivity index (χ4v) is 3.39. The lowest BCUT2D eigenvalue weighted by molar-refractivity contribution is 0.593. The minimum atomic E-state index is 0.830. The molecule has 0 amide bonds. The summed E-state index contributed by atoms with van der Waals surface area (Å²) < 4.78 is 0. The maximum absolute atomic E-state index is 4.19. The molecule has 0 bridgehead atoms. The first-order valence-corrected chi connectivity index (χ1v) is 9.25. The summed E-state index contributed by atoms with van der Waals surface area (Å²) in [5, 5.41) is 7.10. The van der Waals surface area contributed by atoms with E-state index in [9.17, 15) is 0 Å². The minimum Gasteiger partial charge on any atom is -0.379 e. The van der Waals surface area contributed by atoms with Gasteiger partial charge in [0.15, 0.2) is 0 Å². The third-order valence-electron chi connectivity index (χ3n) is 5.26. The summed E-state index contributed by atoms with van der Waals surface area (Å²) in [6, 6.07) is 6.25. The van der Waals surface area contributed by atoms with Gasteiger partial charge in [0.2, 0.25) is 0 Å². The molecule has 27 heavy (non-hydrogen) atoms. The zero-order valence-electron chi connectivity index (χ0n) is 16.9. The lowest BCUT2D eigenvalue weighted by Crippen LogP contribution is -2.30. The third-order valence-corrected chi connectivity index (χ3v) is 5.26. The molecule has 3 heteroatoms. The Labute approximate surface area is 163 Å². The lowest BCUT2D eigenvalue weighted by Gasteiger charge is -2.32. The van der Waals surface area contributed by atoms with Gasteiger partial charge in [-0.25, -0.2) is 0 Å². The summed E-state index contributed by atoms with van der Waals surface area (Å²) in [5.41, 5.74) is 11.2. The molecule has 0 atom stereocenters. The SMILES string of the molecule is C=C1C(=C)C(Nc2cccc(C(=C)N(C)C)c2C)=C1NCC1=CC=C(C)C1. The molecule has 3 nitrogen and oxygen atoms in total. The largest absolute Gasteiger partial charge is 0.379 e. The van der Waals surface area contributed by atoms with Crippen molar-refractivity contribution in [3.8, 4) is 0 Å². The Hall–Kier alpha value is -2.94. The Balaban J connectivity index is 1.80. The van der Waals surface area contributed by atoms with Crippen molar-refractivity contribution in [2.75, 3.05) is 26.0 Å². The van der Waals surface area contributed by atoms with Crippen LogP contribution in [0.3, 0.4) is 0 Å². The zero-order chi connectivity index (χ0) is 19.7. The Morgan fingerprint density at radius 1 is 1.07 bits per heavy atom. The van der Waals surface area contributed by atoms with Crippen molar-refractivity contribution in [2.24, 2.45) is 0 Å². The molecule has 0 heterocycles. The van der Waals surface area contributed by atoms with Crippen LogP contribution in [0, 0.1) is 6.92 Å². The van der Waals surface area contributed by atoms with E-state index in [2.05, 4.69) is 74.6 Å². The molecule has 0 aromatic heterocycles. The fourth-order valence-electron chi connectivity index (χ4n) is 3.39. The number of rotatable bonds is 7. The second kappa shape index (κ2) is 7.36. The van der Waals surface area contributed by atoms with E-state index < -0.39 is 0 Å². The minimum absolute atomic E-state index is 0.830. The van der Waals surface area contributed by atoms with Crippen molar-refractivity contribution >= 4 is 11.4 Å². The van der Waals surface area contributed by atoms with E-state index in [1.54, 1.807) is 0 Å². The van der Waals surface area contributed by atoms with E-state index in [-0.39, 0.29) is 0 Å². The number of nitrogens with zero attached hydrogens (tertiary/aromatic N) is 1. The molecular formula is C24H29N3. The van der Waals surface area contributed by atoms with Gasteiger partial charge in [-0.1, -0.05) is 49.6 Å². The first kappa shape index (κ1) is 18.8. The van der Waals surface area contributed by atoms with Crippen LogP contribution in [0.5, 0.6) is 0 Å². The average Bonchev–Trinajstić information content (AvgIpc) is 3.06. The van der Waals surface area contributed by atoms with Crippen LogP contribution in [0.2, 0.25) is 0 Å². The number of hydrogen-bond donors (Lipinski definition) is 2. The van der Waals surface area contributed by atoms with Crippen LogP contribution in [-0.2, 0) is 0 Å². The van der Waals surface area contributed by atoms with Gasteiger partial charge in [-0.05, 0) is 37.5 Å². The monoisotopic (exact) mass is 359 g/mol. The zero-order valence-corrected chi connectivity index (χ0v) is 16.9. The van der Waals surface area contributed by atoms with Gasteiger partial charge in [0, 0.05) is 48.7 Å². The first-order chi connectivity index (χ1) is 12.8. The van der Waals surface area contributed by atoms with Gasteiger partial charge in [-0.3, -0.25) is 0 Å². The van der Waals surface area contributed by atoms with Gasteiger partial charge >= 0.3 is 0 Å². The van der Waals surface area contributed by atoms with Crippen molar-refractivity contribution in [1.29, 1.82) is 0 Å². The quantitative estimate of drug-likeness (QED) is 0.705. The van der Waals surface area contributed by atoms with Crippen LogP contribution < -0.4 is 10.6 Å². The third kappa shape index (κ3) is 3.63. The van der Waals surface area contributed by atoms with E-state index in [0.717, 1.165) is 52.5 Å². The van der Waals surface area contributed by atoms with Crippen molar-refractivity contribution in [3.05, 3.63) is 94.9 Å². The number of benzene rings is 1. The molecule has 3 rings (SSSR count). The maximum atomic E-state index is 4.19. The van der Waals surface area contributed by atoms with Crippen LogP contribution in [0.15, 0.2) is 83.8 Å². The Morgan fingerprint density at radius 2 is 1.78 bits per heavy atom. The predicted molar refractivity (Wildman–Crippen MR) is 117 cm³/mol. The van der Waals surface area contributed by atoms with Crippen LogP contribution in [0.4, 0.5) is 5.69 Å². The summed E-state index contributed by atoms with van der Waals surface area (Å²) in [7, 11) is 4.02. The summed E-state index contributed by atoms with van der Waals surface area (Å²) in [6.07, 6.45) is 5.43. The van der Waals surface area contributed by atoms with Crippen LogP contribution in [-0.4, -0.2) is 25.5 Å². The number of allylic oxidation sites excluding steroid dienone is 5. The molecule has 2 aliphatic rings. The lowest BCUT2D eigenvalue weighted by atomic mass is 9.88. The highest BCUT2D eigenvalue weighted by molar-refractivity contribution is 5.76. The van der Waals surface area contributed by atoms with Gasteiger partial charge in [0.25, 0.3) is 0 Å². The molecule has 2 aliphatic carbocycles. The topological polar surface area (TPSA) is 27.3 Å². The highest BCUT2D eigenvalue weighted by Crippen LogP contribution is 2.38. The maximum Gasteiger partial charge on any atom is 0.0700 e. The highest BCUT2D eigenvalue weighted by atomic mass is 15.1. The molecule has 0 spiro atoms. The normalized spacial score (nSPS) is 16.0. The van der Waals surface area contributed by atoms with E-state index in [4.69, 9.17) is 0 Å². The molecule has 0 saturated heterocycles. The standard InChI is InChI=1S/C24H29N3/c1-15-11-12-20(13-15)14-25-23-16(2)17(3)24(23)26-22-10-8-9-21(18(22)4)19(5)27(6)7/h8-12,25-26H,2-3,5,13-14H2,1,4,6-7H3. The Morgan fingerprint density at radius 3 is 2.41 bits per heavy atom. The summed E-state index contributed by atoms with van der Waals surface area (Å²) in [4.78, 5) is 2.04. The second-order valence-electron chi connectivity index (χ2n) is 7.52. The summed E-state index contributed by atoms with van der Waals surface area (Å²) in [5.74, 6) is 0. The summed E-state index contributed by atoms with van der Waals surface area (Å²) in [6.45, 7) is 17.6. The Kier molecular flexibility index (Phi) is 5.13. The molecule has 140 valence electrons. The predicted octanol–water partition coefficient (Wildman–Crippen LogP) is 5.14. The van der Waals surface area contributed by atoms with Crippen LogP contribution in [0.1, 0.15) is 24.5 Å². The van der Waals surface area contributed by atoms with Gasteiger partial charge in [0.1, 0.15) is 0 Å². The summed E-state index contributed by atoms with van der Waals surface area (Å²) >= 11 is 0. The fraction of sp³-hybridized carbons (Fsp3) is 0.250. The smallest absolute Gasteiger partial charge is 0.0700 e. The molecule has 0 saturated carbocycles. The Bertz CT molecular complexity index is 923. The van der Waals surface area contributed by atoms with Crippen molar-refractivity contribution in [1.82, 2.24) is 10.2 Å². The molecule has 1 aromatic rings. The highest BCUT2D eigenvalue weighted by Gasteiger charge is 2.27. The van der Waals surface area contributed by atoms with E-state index >= 15 is 0 Å². The van der Waals surface area contributed by atoms with Crippen molar-refractivity contribution in [2.45, 2.75) is 20.3 Å². The molecule has 1 aromatic carbocycles. The molecule has 2 N–H and O–H groups in total. The van der Waals surface area contributed by atoms with E-state index in [1.165, 1.54) is 16.7 Å². The molecule has 0 radical (unpaired) electrons. The number of hydrogen-bond acceptors (Lipinski definition) is 3. The number of anilines is 1. The molecular weight excluding hydrogens is 330 g/mol. The van der Waals surface area contributed by atoms with Gasteiger partial charge in [-0.15, -0.1) is 0 Å². The van der Waals surface area contributed by atoms with Crippen LogP contribution in [0.25, 0.3) is 5.70 Å². The van der Waals surface area contributed by atoms with Gasteiger partial charge in [0.05, 0.1) is 11.4 Å². The molecule has 0 aliphatic heterocycles. The van der Waals surface area contributed by atoms with Crippen molar-refractivity contribution in [3.63, 3.8) is 0 Å². The second-order valence-corrected chi connectivity index (χ2v) is 7.52. The first-order valence-electron chi connectivity index (χ1n) is 9.25. The van der Waals surface area contributed by atoms with Crippen LogP contribution >= 0.6 is 0 Å². The number of nitrogens with one attached hydrogen (secondary N) is 2. The van der Waals surface area contributed by atoms with Gasteiger partial charge in [-0.2, -0.15) is 0 Å². The van der Waals surface area contributed by atoms with Gasteiger partial charge < -0.3 is 15.5 Å². The molecule has 0 fully saturated rings. The van der Waals surface area contributed by atoms with E-state index in [0.29, 0.717) is 0 Å². The van der Waals surface area contributed by atoms with E-state index in [1.807, 2.05) is 19.0 Å². The average molecular weight is 360 g/mol. The molecule has 0 unspecified atom stereocenters.